The van der Waals surface area contributed by atoms with Gasteiger partial charge < -0.3 is 10.1 Å². The maximum atomic E-state index is 12.5. The number of carbonyl (C=O) groups is 2. The summed E-state index contributed by atoms with van der Waals surface area (Å²) in [5.41, 5.74) is 2.10. The van der Waals surface area contributed by atoms with Crippen LogP contribution >= 0.6 is 0 Å². The summed E-state index contributed by atoms with van der Waals surface area (Å²) in [6, 6.07) is 14.3. The zero-order valence-corrected chi connectivity index (χ0v) is 12.4. The topological polar surface area (TPSA) is 84.1 Å². The molecule has 3 aromatic rings. The molecule has 0 bridgehead atoms. The molecule has 0 radical (unpaired) electrons. The van der Waals surface area contributed by atoms with Gasteiger partial charge in [0.2, 0.25) is 6.10 Å². The van der Waals surface area contributed by atoms with Gasteiger partial charge in [0.15, 0.2) is 0 Å². The number of rotatable bonds is 4. The molecule has 23 heavy (non-hydrogen) atoms. The lowest BCUT2D eigenvalue weighted by atomic mass is 10.1. The van der Waals surface area contributed by atoms with Gasteiger partial charge in [-0.05, 0) is 18.2 Å². The summed E-state index contributed by atoms with van der Waals surface area (Å²) in [7, 11) is 0. The molecule has 1 aromatic heterocycles. The Morgan fingerprint density at radius 3 is 2.70 bits per heavy atom. The number of hydrogen-bond donors (Lipinski definition) is 2. The van der Waals surface area contributed by atoms with E-state index in [1.807, 2.05) is 12.1 Å². The minimum Gasteiger partial charge on any atom is -0.447 e. The van der Waals surface area contributed by atoms with Crippen LogP contribution in [-0.2, 0) is 14.3 Å². The number of aromatic nitrogens is 2. The van der Waals surface area contributed by atoms with Gasteiger partial charge in [0.05, 0.1) is 11.7 Å². The molecule has 1 atom stereocenters. The van der Waals surface area contributed by atoms with E-state index in [0.29, 0.717) is 11.3 Å². The summed E-state index contributed by atoms with van der Waals surface area (Å²) < 4.78 is 5.17. The van der Waals surface area contributed by atoms with Gasteiger partial charge in [0, 0.05) is 23.6 Å². The molecule has 116 valence electrons. The molecule has 0 saturated carbocycles. The number of nitrogens with one attached hydrogen (secondary N) is 2. The van der Waals surface area contributed by atoms with Crippen molar-refractivity contribution in [2.75, 3.05) is 5.32 Å². The van der Waals surface area contributed by atoms with Crippen LogP contribution in [0.3, 0.4) is 0 Å². The second kappa shape index (κ2) is 6.31. The van der Waals surface area contributed by atoms with Crippen molar-refractivity contribution >= 4 is 28.5 Å². The van der Waals surface area contributed by atoms with Gasteiger partial charge in [-0.25, -0.2) is 0 Å². The van der Waals surface area contributed by atoms with Crippen LogP contribution in [0.25, 0.3) is 10.9 Å². The molecule has 0 fully saturated rings. The third-order valence-electron chi connectivity index (χ3n) is 3.33. The zero-order chi connectivity index (χ0) is 16.2. The molecule has 0 unspecified atom stereocenters. The van der Waals surface area contributed by atoms with Crippen LogP contribution in [0.4, 0.5) is 5.69 Å². The molecule has 6 nitrogen and oxygen atoms in total. The number of benzene rings is 2. The summed E-state index contributed by atoms with van der Waals surface area (Å²) in [6.07, 6.45) is 0.680. The number of nitrogens with zero attached hydrogens (tertiary/aromatic N) is 1. The Morgan fingerprint density at radius 2 is 1.96 bits per heavy atom. The molecule has 2 aromatic carbocycles. The Morgan fingerprint density at radius 1 is 1.17 bits per heavy atom. The standard InChI is InChI=1S/C17H15N3O3/c1-11(21)23-16(12-5-3-2-4-6-12)17(22)19-14-7-8-15-13(9-14)10-18-20-15/h2-10,16H,1H3,(H,18,20)(H,19,22)/t16-/m1/s1. The van der Waals surface area contributed by atoms with Crippen LogP contribution in [-0.4, -0.2) is 22.1 Å². The lowest BCUT2D eigenvalue weighted by Gasteiger charge is -2.17. The number of anilines is 1. The Balaban J connectivity index is 1.84. The first-order valence-corrected chi connectivity index (χ1v) is 7.09. The molecule has 1 heterocycles. The normalized spacial score (nSPS) is 11.9. The molecule has 2 N–H and O–H groups in total. The highest BCUT2D eigenvalue weighted by molar-refractivity contribution is 5.97. The van der Waals surface area contributed by atoms with Gasteiger partial charge in [0.1, 0.15) is 0 Å². The van der Waals surface area contributed by atoms with E-state index in [1.54, 1.807) is 42.6 Å². The third kappa shape index (κ3) is 3.37. The number of aromatic amines is 1. The van der Waals surface area contributed by atoms with Gasteiger partial charge >= 0.3 is 5.97 Å². The monoisotopic (exact) mass is 309 g/mol. The van der Waals surface area contributed by atoms with E-state index in [0.717, 1.165) is 10.9 Å². The number of ether oxygens (including phenoxy) is 1. The van der Waals surface area contributed by atoms with E-state index in [4.69, 9.17) is 4.74 Å². The molecule has 0 aliphatic carbocycles. The maximum absolute atomic E-state index is 12.5. The number of hydrogen-bond acceptors (Lipinski definition) is 4. The summed E-state index contributed by atoms with van der Waals surface area (Å²) >= 11 is 0. The van der Waals surface area contributed by atoms with E-state index >= 15 is 0 Å². The fraction of sp³-hybridized carbons (Fsp3) is 0.118. The summed E-state index contributed by atoms with van der Waals surface area (Å²) in [4.78, 5) is 23.8. The quantitative estimate of drug-likeness (QED) is 0.726. The van der Waals surface area contributed by atoms with Crippen molar-refractivity contribution in [3.8, 4) is 0 Å². The average Bonchev–Trinajstić information content (AvgIpc) is 3.01. The highest BCUT2D eigenvalue weighted by atomic mass is 16.5. The maximum Gasteiger partial charge on any atom is 0.303 e. The largest absolute Gasteiger partial charge is 0.447 e. The number of H-pyrrole nitrogens is 1. The number of esters is 1. The highest BCUT2D eigenvalue weighted by Crippen LogP contribution is 2.22. The molecule has 0 saturated heterocycles. The second-order valence-corrected chi connectivity index (χ2v) is 5.06. The molecular weight excluding hydrogens is 294 g/mol. The summed E-state index contributed by atoms with van der Waals surface area (Å²) in [5, 5.41) is 10.4. The number of amides is 1. The van der Waals surface area contributed by atoms with E-state index in [-0.39, 0.29) is 0 Å². The SMILES string of the molecule is CC(=O)O[C@@H](C(=O)Nc1ccc2[nH]ncc2c1)c1ccccc1. The van der Waals surface area contributed by atoms with E-state index in [9.17, 15) is 9.59 Å². The average molecular weight is 309 g/mol. The molecule has 0 aliphatic rings. The molecule has 6 heteroatoms. The van der Waals surface area contributed by atoms with Crippen molar-refractivity contribution in [2.24, 2.45) is 0 Å². The summed E-state index contributed by atoms with van der Waals surface area (Å²) in [5.74, 6) is -0.923. The lowest BCUT2D eigenvalue weighted by Crippen LogP contribution is -2.25. The molecule has 3 rings (SSSR count). The first-order chi connectivity index (χ1) is 11.1. The molecule has 0 spiro atoms. The van der Waals surface area contributed by atoms with Crippen molar-refractivity contribution in [3.05, 3.63) is 60.3 Å². The predicted octanol–water partition coefficient (Wildman–Crippen LogP) is 2.81. The fourth-order valence-electron chi connectivity index (χ4n) is 2.30. The minimum absolute atomic E-state index is 0.408. The van der Waals surface area contributed by atoms with Gasteiger partial charge in [-0.3, -0.25) is 14.7 Å². The Kier molecular flexibility index (Phi) is 4.05. The Hall–Kier alpha value is -3.15. The van der Waals surface area contributed by atoms with Crippen molar-refractivity contribution in [2.45, 2.75) is 13.0 Å². The van der Waals surface area contributed by atoms with Gasteiger partial charge in [-0.1, -0.05) is 30.3 Å². The second-order valence-electron chi connectivity index (χ2n) is 5.06. The first kappa shape index (κ1) is 14.8. The zero-order valence-electron chi connectivity index (χ0n) is 12.4. The van der Waals surface area contributed by atoms with E-state index < -0.39 is 18.0 Å². The number of fused-ring (bicyclic) bond motifs is 1. The van der Waals surface area contributed by atoms with Gasteiger partial charge in [-0.15, -0.1) is 0 Å². The number of carbonyl (C=O) groups excluding carboxylic acids is 2. The molecule has 0 aliphatic heterocycles. The van der Waals surface area contributed by atoms with E-state index in [1.165, 1.54) is 6.92 Å². The summed E-state index contributed by atoms with van der Waals surface area (Å²) in [6.45, 7) is 1.28. The van der Waals surface area contributed by atoms with E-state index in [2.05, 4.69) is 15.5 Å². The molecule has 1 amide bonds. The van der Waals surface area contributed by atoms with Crippen molar-refractivity contribution < 1.29 is 14.3 Å². The first-order valence-electron chi connectivity index (χ1n) is 7.09. The Labute approximate surface area is 132 Å². The smallest absolute Gasteiger partial charge is 0.303 e. The minimum atomic E-state index is -0.992. The highest BCUT2D eigenvalue weighted by Gasteiger charge is 2.23. The predicted molar refractivity (Wildman–Crippen MR) is 85.7 cm³/mol. The van der Waals surface area contributed by atoms with Crippen LogP contribution < -0.4 is 5.32 Å². The van der Waals surface area contributed by atoms with Crippen molar-refractivity contribution in [1.82, 2.24) is 10.2 Å². The third-order valence-corrected chi connectivity index (χ3v) is 3.33. The van der Waals surface area contributed by atoms with Crippen molar-refractivity contribution in [1.29, 1.82) is 0 Å². The van der Waals surface area contributed by atoms with Crippen molar-refractivity contribution in [3.63, 3.8) is 0 Å². The lowest BCUT2D eigenvalue weighted by molar-refractivity contribution is -0.152. The van der Waals surface area contributed by atoms with Gasteiger partial charge in [-0.2, -0.15) is 5.10 Å². The van der Waals surface area contributed by atoms with Crippen LogP contribution in [0, 0.1) is 0 Å². The van der Waals surface area contributed by atoms with Crippen LogP contribution in [0.2, 0.25) is 0 Å². The van der Waals surface area contributed by atoms with Crippen LogP contribution in [0.15, 0.2) is 54.7 Å². The van der Waals surface area contributed by atoms with Crippen LogP contribution in [0.1, 0.15) is 18.6 Å². The Bertz CT molecular complexity index is 842. The van der Waals surface area contributed by atoms with Crippen LogP contribution in [0.5, 0.6) is 0 Å². The van der Waals surface area contributed by atoms with Gasteiger partial charge in [0.25, 0.3) is 5.91 Å². The molecular formula is C17H15N3O3. The fourth-order valence-corrected chi connectivity index (χ4v) is 2.30.